The summed E-state index contributed by atoms with van der Waals surface area (Å²) in [6.45, 7) is 3.43. The molecule has 0 aliphatic heterocycles. The summed E-state index contributed by atoms with van der Waals surface area (Å²) >= 11 is 0. The van der Waals surface area contributed by atoms with E-state index in [0.29, 0.717) is 5.69 Å². The van der Waals surface area contributed by atoms with Crippen molar-refractivity contribution in [3.05, 3.63) is 24.3 Å². The van der Waals surface area contributed by atoms with E-state index in [1.165, 1.54) is 24.3 Å². The molecule has 0 heterocycles. The van der Waals surface area contributed by atoms with Crippen LogP contribution < -0.4 is 10.5 Å². The number of aliphatic hydroxyl groups is 1. The van der Waals surface area contributed by atoms with Crippen LogP contribution in [0.5, 0.6) is 0 Å². The van der Waals surface area contributed by atoms with Crippen LogP contribution in [0.2, 0.25) is 0 Å². The fourth-order valence-corrected chi connectivity index (χ4v) is 2.59. The summed E-state index contributed by atoms with van der Waals surface area (Å²) in [5.74, 6) is -0.140. The third kappa shape index (κ3) is 3.69. The van der Waals surface area contributed by atoms with E-state index in [2.05, 4.69) is 4.72 Å². The van der Waals surface area contributed by atoms with Crippen molar-refractivity contribution >= 4 is 15.7 Å². The molecule has 1 rings (SSSR count). The Morgan fingerprint density at radius 2 is 1.82 bits per heavy atom. The van der Waals surface area contributed by atoms with Gasteiger partial charge < -0.3 is 10.8 Å². The highest BCUT2D eigenvalue weighted by Crippen LogP contribution is 2.13. The molecule has 0 bridgehead atoms. The minimum Gasteiger partial charge on any atom is -0.399 e. The number of nitrogens with one attached hydrogen (secondary N) is 1. The fraction of sp³-hybridized carbons (Fsp3) is 0.455. The highest BCUT2D eigenvalue weighted by molar-refractivity contribution is 7.89. The largest absolute Gasteiger partial charge is 0.399 e. The Morgan fingerprint density at radius 1 is 1.29 bits per heavy atom. The Kier molecular flexibility index (Phi) is 4.50. The summed E-state index contributed by atoms with van der Waals surface area (Å²) in [6, 6.07) is 5.65. The van der Waals surface area contributed by atoms with Gasteiger partial charge in [-0.05, 0) is 37.1 Å². The fourth-order valence-electron chi connectivity index (χ4n) is 1.23. The van der Waals surface area contributed by atoms with Gasteiger partial charge >= 0.3 is 0 Å². The summed E-state index contributed by atoms with van der Waals surface area (Å²) in [5.41, 5.74) is 6.01. The zero-order valence-electron chi connectivity index (χ0n) is 9.92. The predicted octanol–water partition coefficient (Wildman–Crippen LogP) is 0.564. The van der Waals surface area contributed by atoms with Crippen molar-refractivity contribution in [1.29, 1.82) is 0 Å². The summed E-state index contributed by atoms with van der Waals surface area (Å²) in [7, 11) is -3.55. The van der Waals surface area contributed by atoms with Gasteiger partial charge in [0.15, 0.2) is 0 Å². The zero-order chi connectivity index (χ0) is 13.1. The predicted molar refractivity (Wildman–Crippen MR) is 66.9 cm³/mol. The lowest BCUT2D eigenvalue weighted by Gasteiger charge is -2.19. The first-order chi connectivity index (χ1) is 7.86. The molecule has 6 heteroatoms. The summed E-state index contributed by atoms with van der Waals surface area (Å²) in [6.07, 6.45) is 0. The number of hydrogen-bond acceptors (Lipinski definition) is 4. The Balaban J connectivity index is 2.85. The van der Waals surface area contributed by atoms with Gasteiger partial charge in [0, 0.05) is 18.3 Å². The van der Waals surface area contributed by atoms with Crippen molar-refractivity contribution in [1.82, 2.24) is 4.72 Å². The number of hydrogen-bond donors (Lipinski definition) is 3. The molecular weight excluding hydrogens is 240 g/mol. The third-order valence-electron chi connectivity index (χ3n) is 2.67. The number of nitrogen functional groups attached to an aromatic ring is 1. The minimum absolute atomic E-state index is 0.0641. The van der Waals surface area contributed by atoms with Crippen LogP contribution in [-0.4, -0.2) is 26.2 Å². The Bertz CT molecular complexity index is 456. The van der Waals surface area contributed by atoms with Crippen molar-refractivity contribution in [2.75, 3.05) is 12.3 Å². The van der Waals surface area contributed by atoms with Crippen LogP contribution in [0.15, 0.2) is 29.2 Å². The molecule has 4 N–H and O–H groups in total. The Hall–Kier alpha value is -1.11. The van der Waals surface area contributed by atoms with E-state index >= 15 is 0 Å². The summed E-state index contributed by atoms with van der Waals surface area (Å²) < 4.78 is 26.4. The molecule has 0 aromatic heterocycles. The van der Waals surface area contributed by atoms with Gasteiger partial charge in [0.1, 0.15) is 0 Å². The van der Waals surface area contributed by atoms with E-state index in [1.807, 2.05) is 0 Å². The van der Waals surface area contributed by atoms with E-state index in [-0.39, 0.29) is 23.5 Å². The number of nitrogens with two attached hydrogens (primary N) is 1. The van der Waals surface area contributed by atoms with E-state index < -0.39 is 10.0 Å². The van der Waals surface area contributed by atoms with Crippen molar-refractivity contribution < 1.29 is 13.5 Å². The van der Waals surface area contributed by atoms with Gasteiger partial charge in [-0.3, -0.25) is 0 Å². The number of aliphatic hydroxyl groups excluding tert-OH is 1. The Morgan fingerprint density at radius 3 is 2.29 bits per heavy atom. The Labute approximate surface area is 102 Å². The van der Waals surface area contributed by atoms with Gasteiger partial charge in [-0.2, -0.15) is 0 Å². The van der Waals surface area contributed by atoms with Crippen molar-refractivity contribution in [2.24, 2.45) is 5.92 Å². The van der Waals surface area contributed by atoms with Crippen LogP contribution in [-0.2, 0) is 10.0 Å². The number of rotatable bonds is 5. The maximum absolute atomic E-state index is 11.9. The second-order valence-corrected chi connectivity index (χ2v) is 5.85. The standard InChI is InChI=1S/C11H18N2O3S/c1-8(7-14)9(2)13-17(15,16)11-5-3-10(12)4-6-11/h3-6,8-9,13-14H,7,12H2,1-2H3. The molecule has 0 saturated carbocycles. The first kappa shape index (κ1) is 14.0. The smallest absolute Gasteiger partial charge is 0.240 e. The molecule has 0 saturated heterocycles. The average Bonchev–Trinajstić information content (AvgIpc) is 2.27. The molecule has 0 fully saturated rings. The molecule has 0 aliphatic carbocycles. The lowest BCUT2D eigenvalue weighted by atomic mass is 10.1. The highest BCUT2D eigenvalue weighted by Gasteiger charge is 2.20. The second kappa shape index (κ2) is 5.48. The molecule has 0 amide bonds. The molecule has 0 radical (unpaired) electrons. The van der Waals surface area contributed by atoms with Crippen LogP contribution >= 0.6 is 0 Å². The number of sulfonamides is 1. The molecule has 0 spiro atoms. The van der Waals surface area contributed by atoms with Gasteiger partial charge in [0.05, 0.1) is 4.90 Å². The summed E-state index contributed by atoms with van der Waals surface area (Å²) in [5, 5.41) is 8.96. The first-order valence-electron chi connectivity index (χ1n) is 5.35. The first-order valence-corrected chi connectivity index (χ1v) is 6.84. The van der Waals surface area contributed by atoms with Gasteiger partial charge in [-0.25, -0.2) is 13.1 Å². The van der Waals surface area contributed by atoms with Crippen molar-refractivity contribution in [3.63, 3.8) is 0 Å². The maximum Gasteiger partial charge on any atom is 0.240 e. The van der Waals surface area contributed by atoms with Gasteiger partial charge in [0.2, 0.25) is 10.0 Å². The lowest BCUT2D eigenvalue weighted by Crippen LogP contribution is -2.38. The normalized spacial score (nSPS) is 15.5. The second-order valence-electron chi connectivity index (χ2n) is 4.14. The van der Waals surface area contributed by atoms with Crippen LogP contribution in [0.4, 0.5) is 5.69 Å². The molecule has 0 aliphatic rings. The maximum atomic E-state index is 11.9. The van der Waals surface area contributed by atoms with Crippen LogP contribution in [0.3, 0.4) is 0 Å². The van der Waals surface area contributed by atoms with Crippen LogP contribution in [0.1, 0.15) is 13.8 Å². The molecule has 1 aromatic rings. The van der Waals surface area contributed by atoms with E-state index in [0.717, 1.165) is 0 Å². The monoisotopic (exact) mass is 258 g/mol. The van der Waals surface area contributed by atoms with Crippen LogP contribution in [0.25, 0.3) is 0 Å². The minimum atomic E-state index is -3.55. The molecule has 2 unspecified atom stereocenters. The number of anilines is 1. The van der Waals surface area contributed by atoms with Crippen molar-refractivity contribution in [2.45, 2.75) is 24.8 Å². The SMILES string of the molecule is CC(CO)C(C)NS(=O)(=O)c1ccc(N)cc1. The quantitative estimate of drug-likeness (QED) is 0.673. The molecule has 96 valence electrons. The van der Waals surface area contributed by atoms with E-state index in [4.69, 9.17) is 10.8 Å². The molecule has 5 nitrogen and oxygen atoms in total. The molecular formula is C11H18N2O3S. The topological polar surface area (TPSA) is 92.4 Å². The molecule has 1 aromatic carbocycles. The molecule has 2 atom stereocenters. The molecule has 17 heavy (non-hydrogen) atoms. The van der Waals surface area contributed by atoms with Gasteiger partial charge in [0.25, 0.3) is 0 Å². The van der Waals surface area contributed by atoms with Gasteiger partial charge in [-0.15, -0.1) is 0 Å². The van der Waals surface area contributed by atoms with E-state index in [1.54, 1.807) is 13.8 Å². The number of benzene rings is 1. The van der Waals surface area contributed by atoms with Gasteiger partial charge in [-0.1, -0.05) is 6.92 Å². The third-order valence-corrected chi connectivity index (χ3v) is 4.25. The van der Waals surface area contributed by atoms with E-state index in [9.17, 15) is 8.42 Å². The zero-order valence-corrected chi connectivity index (χ0v) is 10.7. The van der Waals surface area contributed by atoms with Crippen LogP contribution in [0, 0.1) is 5.92 Å². The van der Waals surface area contributed by atoms with Crippen molar-refractivity contribution in [3.8, 4) is 0 Å². The summed E-state index contributed by atoms with van der Waals surface area (Å²) in [4.78, 5) is 0.170. The average molecular weight is 258 g/mol. The highest BCUT2D eigenvalue weighted by atomic mass is 32.2. The lowest BCUT2D eigenvalue weighted by molar-refractivity contribution is 0.216.